The second-order valence-corrected chi connectivity index (χ2v) is 8.12. The van der Waals surface area contributed by atoms with Crippen molar-refractivity contribution in [2.45, 2.75) is 63.9 Å². The molecule has 0 bridgehead atoms. The molecule has 1 radical (unpaired) electrons. The molecule has 0 saturated heterocycles. The zero-order chi connectivity index (χ0) is 16.9. The van der Waals surface area contributed by atoms with E-state index in [0.717, 1.165) is 38.5 Å². The number of rotatable bonds is 7. The second kappa shape index (κ2) is 9.85. The molecule has 24 heavy (non-hydrogen) atoms. The van der Waals surface area contributed by atoms with E-state index in [9.17, 15) is 5.11 Å². The summed E-state index contributed by atoms with van der Waals surface area (Å²) in [5, 5.41) is 11.6. The van der Waals surface area contributed by atoms with Crippen molar-refractivity contribution in [1.82, 2.24) is 0 Å². The molecule has 2 saturated carbocycles. The number of allylic oxidation sites excluding steroid dienone is 1. The van der Waals surface area contributed by atoms with Gasteiger partial charge in [0.25, 0.3) is 0 Å². The maximum Gasteiger partial charge on any atom is 0.0717 e. The molecule has 0 aromatic rings. The first-order valence-corrected chi connectivity index (χ1v) is 9.64. The predicted octanol–water partition coefficient (Wildman–Crippen LogP) is 5.13. The Morgan fingerprint density at radius 2 is 2.25 bits per heavy atom. The molecule has 0 amide bonds. The summed E-state index contributed by atoms with van der Waals surface area (Å²) in [6, 6.07) is 0. The maximum absolute atomic E-state index is 11.6. The van der Waals surface area contributed by atoms with Gasteiger partial charge in [-0.1, -0.05) is 37.7 Å². The van der Waals surface area contributed by atoms with E-state index in [1.807, 2.05) is 11.9 Å². The van der Waals surface area contributed by atoms with E-state index < -0.39 is 5.60 Å². The average molecular weight is 376 g/mol. The minimum Gasteiger partial charge on any atom is -0.389 e. The Hall–Kier alpha value is 0.300. The standard InChI is InChI=1S/C21H32OP.Sc/c1-4-8-17(9-7-15-23)16-18-11-14-20(3)13-6-10-19(20)21(18,22)12-5-2;/h1,5,7,13,15,17-19,22H,2,6,8-12,14,16,23H2,3H3;/q-1;/b15-7-;/t17?,18-,19?,20-,21-;/m0./s1. The maximum atomic E-state index is 11.6. The van der Waals surface area contributed by atoms with Crippen LogP contribution < -0.4 is 0 Å². The summed E-state index contributed by atoms with van der Waals surface area (Å²) >= 11 is 0. The number of fused-ring (bicyclic) bond motifs is 1. The molecule has 131 valence electrons. The fraction of sp³-hybridized carbons (Fsp3) is 0.667. The molecule has 0 spiro atoms. The SMILES string of the molecule is C#CCC(C/C=C\P)C[C@@H]1CC[C@]2(C)[CH-]CCC2[C@]1(O)CC=C.[Sc]. The molecule has 3 heteroatoms. The zero-order valence-electron chi connectivity index (χ0n) is 15.1. The normalized spacial score (nSPS) is 36.6. The molecule has 0 aromatic carbocycles. The summed E-state index contributed by atoms with van der Waals surface area (Å²) in [6.45, 7) is 6.26. The van der Waals surface area contributed by atoms with E-state index in [2.05, 4.69) is 41.2 Å². The molecule has 3 unspecified atom stereocenters. The first-order chi connectivity index (χ1) is 11.0. The Morgan fingerprint density at radius 3 is 2.88 bits per heavy atom. The quantitative estimate of drug-likeness (QED) is 0.283. The van der Waals surface area contributed by atoms with Crippen molar-refractivity contribution < 1.29 is 30.9 Å². The molecule has 2 aliphatic rings. The van der Waals surface area contributed by atoms with Crippen LogP contribution in [0.3, 0.4) is 0 Å². The number of aliphatic hydroxyl groups is 1. The van der Waals surface area contributed by atoms with Crippen LogP contribution in [0, 0.1) is 41.9 Å². The van der Waals surface area contributed by atoms with Crippen LogP contribution in [-0.2, 0) is 25.8 Å². The minimum absolute atomic E-state index is 0. The van der Waals surface area contributed by atoms with Gasteiger partial charge < -0.3 is 11.5 Å². The van der Waals surface area contributed by atoms with Gasteiger partial charge in [0.05, 0.1) is 5.60 Å². The minimum atomic E-state index is -0.612. The van der Waals surface area contributed by atoms with Crippen molar-refractivity contribution in [1.29, 1.82) is 0 Å². The van der Waals surface area contributed by atoms with Crippen LogP contribution in [0.1, 0.15) is 58.3 Å². The van der Waals surface area contributed by atoms with Gasteiger partial charge in [0.2, 0.25) is 0 Å². The van der Waals surface area contributed by atoms with E-state index in [1.54, 1.807) is 0 Å². The molecule has 0 aliphatic heterocycles. The fourth-order valence-electron chi connectivity index (χ4n) is 5.13. The van der Waals surface area contributed by atoms with E-state index in [1.165, 1.54) is 6.42 Å². The summed E-state index contributed by atoms with van der Waals surface area (Å²) in [7, 11) is 2.63. The van der Waals surface area contributed by atoms with Crippen LogP contribution in [0.25, 0.3) is 0 Å². The topological polar surface area (TPSA) is 20.2 Å². The molecule has 6 atom stereocenters. The van der Waals surface area contributed by atoms with Gasteiger partial charge >= 0.3 is 0 Å². The van der Waals surface area contributed by atoms with Gasteiger partial charge in [0, 0.05) is 32.3 Å². The van der Waals surface area contributed by atoms with Gasteiger partial charge in [-0.3, -0.25) is 0 Å². The summed E-state index contributed by atoms with van der Waals surface area (Å²) in [5.41, 5.74) is -0.408. The van der Waals surface area contributed by atoms with Gasteiger partial charge in [-0.05, 0) is 43.4 Å². The summed E-state index contributed by atoms with van der Waals surface area (Å²) in [6.07, 6.45) is 20.2. The first kappa shape index (κ1) is 22.3. The molecule has 1 nitrogen and oxygen atoms in total. The number of hydrogen-bond acceptors (Lipinski definition) is 1. The fourth-order valence-corrected chi connectivity index (χ4v) is 5.29. The first-order valence-electron chi connectivity index (χ1n) is 8.98. The van der Waals surface area contributed by atoms with Gasteiger partial charge in [-0.15, -0.1) is 28.2 Å². The molecule has 2 fully saturated rings. The Balaban J connectivity index is 0.00000288. The van der Waals surface area contributed by atoms with E-state index in [4.69, 9.17) is 6.42 Å². The van der Waals surface area contributed by atoms with E-state index in [-0.39, 0.29) is 31.3 Å². The molecule has 1 N–H and O–H groups in total. The Morgan fingerprint density at radius 1 is 1.50 bits per heavy atom. The Kier molecular flexibility index (Phi) is 9.17. The molecule has 0 aromatic heterocycles. The van der Waals surface area contributed by atoms with Crippen LogP contribution in [0.4, 0.5) is 0 Å². The number of terminal acetylenes is 1. The average Bonchev–Trinajstić information content (AvgIpc) is 2.92. The molecule has 0 heterocycles. The molecule has 2 aliphatic carbocycles. The van der Waals surface area contributed by atoms with Gasteiger partial charge in [-0.2, -0.15) is 11.8 Å². The Labute approximate surface area is 170 Å². The van der Waals surface area contributed by atoms with Crippen molar-refractivity contribution >= 4 is 9.24 Å². The van der Waals surface area contributed by atoms with Gasteiger partial charge in [0.1, 0.15) is 0 Å². The second-order valence-electron chi connectivity index (χ2n) is 7.73. The summed E-state index contributed by atoms with van der Waals surface area (Å²) < 4.78 is 0. The summed E-state index contributed by atoms with van der Waals surface area (Å²) in [5.74, 6) is 6.02. The van der Waals surface area contributed by atoms with Crippen molar-refractivity contribution in [2.75, 3.05) is 0 Å². The van der Waals surface area contributed by atoms with Crippen molar-refractivity contribution in [2.24, 2.45) is 23.2 Å². The smallest absolute Gasteiger partial charge is 0.0717 e. The third-order valence-corrected chi connectivity index (χ3v) is 6.58. The van der Waals surface area contributed by atoms with Gasteiger partial charge in [-0.25, -0.2) is 0 Å². The van der Waals surface area contributed by atoms with Crippen LogP contribution in [0.2, 0.25) is 0 Å². The third-order valence-electron chi connectivity index (χ3n) is 6.31. The van der Waals surface area contributed by atoms with Crippen LogP contribution in [0.5, 0.6) is 0 Å². The van der Waals surface area contributed by atoms with Gasteiger partial charge in [0.15, 0.2) is 0 Å². The third kappa shape index (κ3) is 4.72. The van der Waals surface area contributed by atoms with E-state index >= 15 is 0 Å². The number of hydrogen-bond donors (Lipinski definition) is 1. The van der Waals surface area contributed by atoms with Crippen molar-refractivity contribution in [3.63, 3.8) is 0 Å². The molecular weight excluding hydrogens is 344 g/mol. The predicted molar refractivity (Wildman–Crippen MR) is 103 cm³/mol. The van der Waals surface area contributed by atoms with Crippen molar-refractivity contribution in [3.8, 4) is 12.3 Å². The van der Waals surface area contributed by atoms with E-state index in [0.29, 0.717) is 24.2 Å². The monoisotopic (exact) mass is 376 g/mol. The largest absolute Gasteiger partial charge is 0.389 e. The molecular formula is C21H32OPSc-. The van der Waals surface area contributed by atoms with Crippen LogP contribution in [-0.4, -0.2) is 10.7 Å². The van der Waals surface area contributed by atoms with Crippen LogP contribution >= 0.6 is 9.24 Å². The zero-order valence-corrected chi connectivity index (χ0v) is 18.0. The summed E-state index contributed by atoms with van der Waals surface area (Å²) in [4.78, 5) is 0. The molecule has 2 rings (SSSR count). The Bertz CT molecular complexity index is 483. The van der Waals surface area contributed by atoms with Crippen molar-refractivity contribution in [3.05, 3.63) is 31.0 Å². The van der Waals surface area contributed by atoms with Crippen LogP contribution in [0.15, 0.2) is 24.5 Å².